The van der Waals surface area contributed by atoms with Crippen molar-refractivity contribution in [2.45, 2.75) is 51.2 Å². The number of nitrogens with one attached hydrogen (secondary N) is 1. The van der Waals surface area contributed by atoms with Crippen molar-refractivity contribution >= 4 is 17.5 Å². The van der Waals surface area contributed by atoms with Crippen LogP contribution in [-0.4, -0.2) is 54.0 Å². The first-order valence-corrected chi connectivity index (χ1v) is 9.51. The fourth-order valence-corrected chi connectivity index (χ4v) is 3.93. The van der Waals surface area contributed by atoms with E-state index in [1.165, 1.54) is 18.4 Å². The summed E-state index contributed by atoms with van der Waals surface area (Å²) >= 11 is 6.26. The van der Waals surface area contributed by atoms with Crippen molar-refractivity contribution in [1.29, 1.82) is 0 Å². The Labute approximate surface area is 150 Å². The minimum absolute atomic E-state index is 0.0342. The third kappa shape index (κ3) is 4.50. The average molecular weight is 350 g/mol. The van der Waals surface area contributed by atoms with Gasteiger partial charge in [0.15, 0.2) is 0 Å². The standard InChI is InChI=1S/C19H28ClN3O/c1-15(19(24)21-17-7-3-4-8-17)23-12-10-22(11-13-23)14-16-6-2-5-9-18(16)20/h2,5-6,9,15,17H,3-4,7-8,10-14H2,1H3,(H,21,24). The van der Waals surface area contributed by atoms with Gasteiger partial charge in [-0.2, -0.15) is 0 Å². The van der Waals surface area contributed by atoms with E-state index in [2.05, 4.69) is 21.2 Å². The fraction of sp³-hybridized carbons (Fsp3) is 0.632. The number of benzene rings is 1. The molecular weight excluding hydrogens is 322 g/mol. The van der Waals surface area contributed by atoms with E-state index < -0.39 is 0 Å². The highest BCUT2D eigenvalue weighted by molar-refractivity contribution is 6.31. The van der Waals surface area contributed by atoms with Crippen molar-refractivity contribution in [1.82, 2.24) is 15.1 Å². The molecule has 1 N–H and O–H groups in total. The minimum atomic E-state index is -0.0342. The van der Waals surface area contributed by atoms with Crippen molar-refractivity contribution in [2.24, 2.45) is 0 Å². The highest BCUT2D eigenvalue weighted by Gasteiger charge is 2.27. The molecular formula is C19H28ClN3O. The van der Waals surface area contributed by atoms with E-state index in [9.17, 15) is 4.79 Å². The Bertz CT molecular complexity index is 551. The first-order valence-electron chi connectivity index (χ1n) is 9.13. The van der Waals surface area contributed by atoms with Gasteiger partial charge in [0.2, 0.25) is 5.91 Å². The summed E-state index contributed by atoms with van der Waals surface area (Å²) in [7, 11) is 0. The number of hydrogen-bond donors (Lipinski definition) is 1. The van der Waals surface area contributed by atoms with E-state index in [4.69, 9.17) is 11.6 Å². The second-order valence-corrected chi connectivity index (χ2v) is 7.48. The monoisotopic (exact) mass is 349 g/mol. The molecule has 5 heteroatoms. The number of carbonyl (C=O) groups excluding carboxylic acids is 1. The third-order valence-corrected chi connectivity index (χ3v) is 5.76. The van der Waals surface area contributed by atoms with Crippen LogP contribution in [0.15, 0.2) is 24.3 Å². The van der Waals surface area contributed by atoms with Gasteiger partial charge < -0.3 is 5.32 Å². The maximum Gasteiger partial charge on any atom is 0.237 e. The number of halogens is 1. The summed E-state index contributed by atoms with van der Waals surface area (Å²) in [5, 5.41) is 4.06. The second-order valence-electron chi connectivity index (χ2n) is 7.07. The number of hydrogen-bond acceptors (Lipinski definition) is 3. The summed E-state index contributed by atoms with van der Waals surface area (Å²) in [6.45, 7) is 6.75. The second kappa shape index (κ2) is 8.32. The van der Waals surface area contributed by atoms with Crippen LogP contribution in [0.3, 0.4) is 0 Å². The van der Waals surface area contributed by atoms with Crippen molar-refractivity contribution in [3.63, 3.8) is 0 Å². The summed E-state index contributed by atoms with van der Waals surface area (Å²) in [5.74, 6) is 0.196. The van der Waals surface area contributed by atoms with Gasteiger partial charge in [0.25, 0.3) is 0 Å². The Kier molecular flexibility index (Phi) is 6.14. The highest BCUT2D eigenvalue weighted by atomic mass is 35.5. The molecule has 4 nitrogen and oxygen atoms in total. The Morgan fingerprint density at radius 2 is 1.88 bits per heavy atom. The van der Waals surface area contributed by atoms with Crippen LogP contribution in [-0.2, 0) is 11.3 Å². The SMILES string of the molecule is CC(C(=O)NC1CCCC1)N1CCN(Cc2ccccc2Cl)CC1. The van der Waals surface area contributed by atoms with Crippen LogP contribution >= 0.6 is 11.6 Å². The molecule has 24 heavy (non-hydrogen) atoms. The quantitative estimate of drug-likeness (QED) is 0.887. The summed E-state index contributed by atoms with van der Waals surface area (Å²) < 4.78 is 0. The molecule has 1 atom stereocenters. The summed E-state index contributed by atoms with van der Waals surface area (Å²) in [5.41, 5.74) is 1.18. The zero-order valence-corrected chi connectivity index (χ0v) is 15.3. The molecule has 0 radical (unpaired) electrons. The molecule has 2 aliphatic rings. The topological polar surface area (TPSA) is 35.6 Å². The molecule has 1 saturated carbocycles. The fourth-order valence-electron chi connectivity index (χ4n) is 3.73. The molecule has 0 spiro atoms. The van der Waals surface area contributed by atoms with Gasteiger partial charge in [0, 0.05) is 43.8 Å². The number of nitrogens with zero attached hydrogens (tertiary/aromatic N) is 2. The largest absolute Gasteiger partial charge is 0.352 e. The smallest absolute Gasteiger partial charge is 0.237 e. The first-order chi connectivity index (χ1) is 11.6. The molecule has 1 aromatic carbocycles. The molecule has 1 amide bonds. The van der Waals surface area contributed by atoms with Crippen LogP contribution in [0.25, 0.3) is 0 Å². The lowest BCUT2D eigenvalue weighted by atomic mass is 10.1. The predicted octanol–water partition coefficient (Wildman–Crippen LogP) is 2.90. The minimum Gasteiger partial charge on any atom is -0.352 e. The van der Waals surface area contributed by atoms with Gasteiger partial charge >= 0.3 is 0 Å². The van der Waals surface area contributed by atoms with Gasteiger partial charge in [0.05, 0.1) is 6.04 Å². The molecule has 0 bridgehead atoms. The van der Waals surface area contributed by atoms with Gasteiger partial charge in [-0.1, -0.05) is 42.6 Å². The molecule has 1 saturated heterocycles. The third-order valence-electron chi connectivity index (χ3n) is 5.39. The van der Waals surface area contributed by atoms with Gasteiger partial charge in [-0.3, -0.25) is 14.6 Å². The Morgan fingerprint density at radius 3 is 2.54 bits per heavy atom. The molecule has 3 rings (SSSR count). The number of amides is 1. The van der Waals surface area contributed by atoms with Crippen molar-refractivity contribution < 1.29 is 4.79 Å². The van der Waals surface area contributed by atoms with Crippen molar-refractivity contribution in [3.8, 4) is 0 Å². The molecule has 132 valence electrons. The number of carbonyl (C=O) groups is 1. The van der Waals surface area contributed by atoms with Crippen LogP contribution in [0, 0.1) is 0 Å². The lowest BCUT2D eigenvalue weighted by Crippen LogP contribution is -2.54. The predicted molar refractivity (Wildman–Crippen MR) is 98.2 cm³/mol. The first kappa shape index (κ1) is 17.7. The van der Waals surface area contributed by atoms with Crippen molar-refractivity contribution in [2.75, 3.05) is 26.2 Å². The van der Waals surface area contributed by atoms with Gasteiger partial charge in [-0.05, 0) is 31.4 Å². The molecule has 1 aliphatic heterocycles. The summed E-state index contributed by atoms with van der Waals surface area (Å²) in [4.78, 5) is 17.1. The van der Waals surface area contributed by atoms with Crippen LogP contribution < -0.4 is 5.32 Å². The molecule has 2 fully saturated rings. The Morgan fingerprint density at radius 1 is 1.21 bits per heavy atom. The lowest BCUT2D eigenvalue weighted by Gasteiger charge is -2.37. The van der Waals surface area contributed by atoms with Gasteiger partial charge in [-0.15, -0.1) is 0 Å². The van der Waals surface area contributed by atoms with E-state index >= 15 is 0 Å². The van der Waals surface area contributed by atoms with Crippen LogP contribution in [0.1, 0.15) is 38.2 Å². The Hall–Kier alpha value is -1.10. The number of piperazine rings is 1. The van der Waals surface area contributed by atoms with Gasteiger partial charge in [0.1, 0.15) is 0 Å². The van der Waals surface area contributed by atoms with Crippen LogP contribution in [0.5, 0.6) is 0 Å². The highest BCUT2D eigenvalue weighted by Crippen LogP contribution is 2.19. The number of rotatable bonds is 5. The van der Waals surface area contributed by atoms with E-state index in [0.717, 1.165) is 50.6 Å². The van der Waals surface area contributed by atoms with Gasteiger partial charge in [-0.25, -0.2) is 0 Å². The van der Waals surface area contributed by atoms with Crippen LogP contribution in [0.4, 0.5) is 0 Å². The molecule has 1 aliphatic carbocycles. The normalized spacial score (nSPS) is 21.8. The Balaban J connectivity index is 1.45. The zero-order valence-electron chi connectivity index (χ0n) is 14.5. The zero-order chi connectivity index (χ0) is 16.9. The molecule has 1 aromatic rings. The lowest BCUT2D eigenvalue weighted by molar-refractivity contribution is -0.127. The van der Waals surface area contributed by atoms with E-state index in [0.29, 0.717) is 6.04 Å². The van der Waals surface area contributed by atoms with E-state index in [1.807, 2.05) is 25.1 Å². The summed E-state index contributed by atoms with van der Waals surface area (Å²) in [6.07, 6.45) is 4.79. The molecule has 0 aromatic heterocycles. The maximum atomic E-state index is 12.4. The van der Waals surface area contributed by atoms with E-state index in [-0.39, 0.29) is 11.9 Å². The molecule has 1 unspecified atom stereocenters. The maximum absolute atomic E-state index is 12.4. The summed E-state index contributed by atoms with van der Waals surface area (Å²) in [6, 6.07) is 8.41. The average Bonchev–Trinajstić information content (AvgIpc) is 3.10. The van der Waals surface area contributed by atoms with Crippen LogP contribution in [0.2, 0.25) is 5.02 Å². The van der Waals surface area contributed by atoms with Crippen molar-refractivity contribution in [3.05, 3.63) is 34.9 Å². The molecule has 1 heterocycles. The van der Waals surface area contributed by atoms with E-state index in [1.54, 1.807) is 0 Å².